The molecule has 2 aromatic heterocycles. The Morgan fingerprint density at radius 3 is 2.40 bits per heavy atom. The molecule has 1 atom stereocenters. The van der Waals surface area contributed by atoms with Gasteiger partial charge in [-0.15, -0.1) is 0 Å². The fraction of sp³-hybridized carbons (Fsp3) is 0.130. The molecule has 0 aliphatic carbocycles. The van der Waals surface area contributed by atoms with Crippen LogP contribution in [-0.4, -0.2) is 14.3 Å². The number of hydrogen-bond donors (Lipinski definition) is 1. The second-order valence-corrected chi connectivity index (χ2v) is 7.13. The van der Waals surface area contributed by atoms with Crippen LogP contribution in [0.3, 0.4) is 0 Å². The molecule has 0 saturated heterocycles. The number of nitrogens with one attached hydrogen (secondary N) is 1. The SMILES string of the molecule is Cc1ccc([C@@H](Nc2nc3ccccn3c(=O)c2[N+](=O)[O-])c2ccccc2)cc1C. The first kappa shape index (κ1) is 19.3. The third kappa shape index (κ3) is 3.53. The van der Waals surface area contributed by atoms with Gasteiger partial charge in [0.15, 0.2) is 0 Å². The van der Waals surface area contributed by atoms with Crippen molar-refractivity contribution in [1.82, 2.24) is 9.38 Å². The van der Waals surface area contributed by atoms with Crippen molar-refractivity contribution in [3.63, 3.8) is 0 Å². The van der Waals surface area contributed by atoms with Crippen LogP contribution in [0.25, 0.3) is 5.65 Å². The molecule has 0 unspecified atom stereocenters. The monoisotopic (exact) mass is 400 g/mol. The minimum Gasteiger partial charge on any atom is -0.353 e. The summed E-state index contributed by atoms with van der Waals surface area (Å²) in [6, 6.07) is 20.2. The number of aromatic nitrogens is 2. The topological polar surface area (TPSA) is 89.5 Å². The van der Waals surface area contributed by atoms with Crippen molar-refractivity contribution < 1.29 is 4.92 Å². The number of benzene rings is 2. The highest BCUT2D eigenvalue weighted by Gasteiger charge is 2.26. The van der Waals surface area contributed by atoms with Gasteiger partial charge in [-0.2, -0.15) is 0 Å². The van der Waals surface area contributed by atoms with Gasteiger partial charge in [0.2, 0.25) is 5.82 Å². The molecule has 0 spiro atoms. The number of nitrogens with zero attached hydrogens (tertiary/aromatic N) is 3. The number of fused-ring (bicyclic) bond motifs is 1. The number of nitro groups is 1. The molecule has 0 saturated carbocycles. The third-order valence-electron chi connectivity index (χ3n) is 5.17. The second-order valence-electron chi connectivity index (χ2n) is 7.13. The maximum absolute atomic E-state index is 12.8. The van der Waals surface area contributed by atoms with Crippen LogP contribution in [-0.2, 0) is 0 Å². The normalized spacial score (nSPS) is 11.9. The lowest BCUT2D eigenvalue weighted by molar-refractivity contribution is -0.385. The highest BCUT2D eigenvalue weighted by molar-refractivity contribution is 5.62. The molecule has 7 nitrogen and oxygen atoms in total. The van der Waals surface area contributed by atoms with Crippen molar-refractivity contribution in [3.8, 4) is 0 Å². The molecule has 7 heteroatoms. The average molecular weight is 400 g/mol. The molecule has 2 heterocycles. The van der Waals surface area contributed by atoms with Crippen molar-refractivity contribution >= 4 is 17.2 Å². The molecule has 0 aliphatic rings. The molecule has 4 rings (SSSR count). The van der Waals surface area contributed by atoms with Crippen LogP contribution in [0.15, 0.2) is 77.7 Å². The summed E-state index contributed by atoms with van der Waals surface area (Å²) < 4.78 is 1.18. The Morgan fingerprint density at radius 1 is 0.967 bits per heavy atom. The Labute approximate surface area is 172 Å². The molecule has 0 aliphatic heterocycles. The van der Waals surface area contributed by atoms with Crippen LogP contribution in [0.1, 0.15) is 28.3 Å². The van der Waals surface area contributed by atoms with E-state index in [1.54, 1.807) is 18.2 Å². The maximum atomic E-state index is 12.8. The van der Waals surface area contributed by atoms with Gasteiger partial charge < -0.3 is 5.32 Å². The van der Waals surface area contributed by atoms with Gasteiger partial charge in [-0.25, -0.2) is 4.98 Å². The summed E-state index contributed by atoms with van der Waals surface area (Å²) in [5.74, 6) is -0.0525. The summed E-state index contributed by atoms with van der Waals surface area (Å²) in [4.78, 5) is 28.3. The van der Waals surface area contributed by atoms with E-state index in [0.29, 0.717) is 5.65 Å². The lowest BCUT2D eigenvalue weighted by atomic mass is 9.95. The zero-order valence-electron chi connectivity index (χ0n) is 16.6. The van der Waals surface area contributed by atoms with E-state index in [-0.39, 0.29) is 5.82 Å². The van der Waals surface area contributed by atoms with E-state index in [9.17, 15) is 14.9 Å². The standard InChI is InChI=1S/C23H20N4O3/c1-15-11-12-18(14-16(15)2)20(17-8-4-3-5-9-17)25-22-21(27(29)30)23(28)26-13-7-6-10-19(26)24-22/h3-14,20,25H,1-2H3/t20-/m0/s1. The van der Waals surface area contributed by atoms with E-state index in [1.165, 1.54) is 10.6 Å². The minimum absolute atomic E-state index is 0.0525. The summed E-state index contributed by atoms with van der Waals surface area (Å²) in [6.45, 7) is 4.05. The molecule has 1 N–H and O–H groups in total. The van der Waals surface area contributed by atoms with Crippen molar-refractivity contribution in [2.24, 2.45) is 0 Å². The predicted octanol–water partition coefficient (Wildman–Crippen LogP) is 4.42. The summed E-state index contributed by atoms with van der Waals surface area (Å²) in [5.41, 5.74) is 3.12. The maximum Gasteiger partial charge on any atom is 0.376 e. The average Bonchev–Trinajstić information content (AvgIpc) is 2.74. The summed E-state index contributed by atoms with van der Waals surface area (Å²) in [5, 5.41) is 14.9. The van der Waals surface area contributed by atoms with Gasteiger partial charge in [-0.05, 0) is 48.2 Å². The number of anilines is 1. The lowest BCUT2D eigenvalue weighted by Gasteiger charge is -2.21. The van der Waals surface area contributed by atoms with Crippen molar-refractivity contribution in [2.75, 3.05) is 5.32 Å². The van der Waals surface area contributed by atoms with Gasteiger partial charge in [-0.1, -0.05) is 54.6 Å². The first-order valence-corrected chi connectivity index (χ1v) is 9.50. The zero-order chi connectivity index (χ0) is 21.3. The van der Waals surface area contributed by atoms with E-state index in [0.717, 1.165) is 22.3 Å². The van der Waals surface area contributed by atoms with Gasteiger partial charge in [0, 0.05) is 6.20 Å². The largest absolute Gasteiger partial charge is 0.376 e. The first-order valence-electron chi connectivity index (χ1n) is 9.50. The Morgan fingerprint density at radius 2 is 1.70 bits per heavy atom. The molecule has 0 amide bonds. The first-order chi connectivity index (χ1) is 14.5. The number of aryl methyl sites for hydroxylation is 2. The molecule has 0 radical (unpaired) electrons. The highest BCUT2D eigenvalue weighted by Crippen LogP contribution is 2.30. The van der Waals surface area contributed by atoms with Crippen LogP contribution in [0.4, 0.5) is 11.5 Å². The Bertz CT molecular complexity index is 1300. The summed E-state index contributed by atoms with van der Waals surface area (Å²) >= 11 is 0. The van der Waals surface area contributed by atoms with E-state index in [4.69, 9.17) is 0 Å². The number of hydrogen-bond acceptors (Lipinski definition) is 5. The summed E-state index contributed by atoms with van der Waals surface area (Å²) in [7, 11) is 0. The zero-order valence-corrected chi connectivity index (χ0v) is 16.6. The van der Waals surface area contributed by atoms with E-state index < -0.39 is 22.2 Å². The molecule has 150 valence electrons. The molecule has 30 heavy (non-hydrogen) atoms. The fourth-order valence-electron chi connectivity index (χ4n) is 3.43. The van der Waals surface area contributed by atoms with Gasteiger partial charge >= 0.3 is 11.2 Å². The van der Waals surface area contributed by atoms with Crippen LogP contribution in [0.2, 0.25) is 0 Å². The fourth-order valence-corrected chi connectivity index (χ4v) is 3.43. The van der Waals surface area contributed by atoms with Crippen molar-refractivity contribution in [3.05, 3.63) is 116 Å². The Balaban J connectivity index is 1.91. The van der Waals surface area contributed by atoms with Crippen LogP contribution in [0.5, 0.6) is 0 Å². The second kappa shape index (κ2) is 7.79. The lowest BCUT2D eigenvalue weighted by Crippen LogP contribution is -2.23. The molecule has 0 fully saturated rings. The van der Waals surface area contributed by atoms with E-state index in [2.05, 4.69) is 10.3 Å². The Kier molecular flexibility index (Phi) is 5.02. The highest BCUT2D eigenvalue weighted by atomic mass is 16.6. The van der Waals surface area contributed by atoms with Gasteiger partial charge in [0.25, 0.3) is 0 Å². The van der Waals surface area contributed by atoms with Gasteiger partial charge in [0.1, 0.15) is 5.65 Å². The minimum atomic E-state index is -0.722. The number of rotatable bonds is 5. The molecule has 2 aromatic carbocycles. The van der Waals surface area contributed by atoms with Crippen LogP contribution < -0.4 is 10.9 Å². The molecular weight excluding hydrogens is 380 g/mol. The molecular formula is C23H20N4O3. The molecule has 4 aromatic rings. The van der Waals surface area contributed by atoms with Gasteiger partial charge in [0.05, 0.1) is 11.0 Å². The van der Waals surface area contributed by atoms with E-state index >= 15 is 0 Å². The smallest absolute Gasteiger partial charge is 0.353 e. The number of pyridine rings is 1. The third-order valence-corrected chi connectivity index (χ3v) is 5.17. The van der Waals surface area contributed by atoms with Crippen LogP contribution in [0, 0.1) is 24.0 Å². The van der Waals surface area contributed by atoms with Gasteiger partial charge in [-0.3, -0.25) is 19.3 Å². The van der Waals surface area contributed by atoms with Crippen molar-refractivity contribution in [2.45, 2.75) is 19.9 Å². The van der Waals surface area contributed by atoms with E-state index in [1.807, 2.05) is 62.4 Å². The van der Waals surface area contributed by atoms with Crippen molar-refractivity contribution in [1.29, 1.82) is 0 Å². The summed E-state index contributed by atoms with van der Waals surface area (Å²) in [6.07, 6.45) is 1.47. The molecule has 0 bridgehead atoms. The van der Waals surface area contributed by atoms with Crippen LogP contribution >= 0.6 is 0 Å². The predicted molar refractivity (Wildman–Crippen MR) is 116 cm³/mol. The Hall–Kier alpha value is -4.00. The quantitative estimate of drug-likeness (QED) is 0.396.